The van der Waals surface area contributed by atoms with Gasteiger partial charge in [0.25, 0.3) is 0 Å². The molecule has 1 amide bonds. The third kappa shape index (κ3) is 5.38. The van der Waals surface area contributed by atoms with E-state index in [1.165, 1.54) is 4.90 Å². The molecule has 0 bridgehead atoms. The second-order valence-electron chi connectivity index (χ2n) is 6.50. The Morgan fingerprint density at radius 2 is 1.95 bits per heavy atom. The molecular weight excluding hydrogens is 278 g/mol. The van der Waals surface area contributed by atoms with Crippen molar-refractivity contribution in [2.75, 3.05) is 25.5 Å². The van der Waals surface area contributed by atoms with Crippen LogP contribution in [-0.2, 0) is 11.3 Å². The molecule has 0 aliphatic rings. The van der Waals surface area contributed by atoms with Crippen molar-refractivity contribution in [3.63, 3.8) is 0 Å². The molecule has 0 saturated heterocycles. The van der Waals surface area contributed by atoms with E-state index in [2.05, 4.69) is 6.07 Å². The molecule has 120 valence electrons. The van der Waals surface area contributed by atoms with Gasteiger partial charge < -0.3 is 4.74 Å². The van der Waals surface area contributed by atoms with E-state index < -0.39 is 5.60 Å². The molecule has 0 heterocycles. The van der Waals surface area contributed by atoms with Crippen LogP contribution in [0, 0.1) is 18.3 Å². The quantitative estimate of drug-likeness (QED) is 0.801. The standard InChI is InChI=1S/C17H25N3O2/c1-13-7-8-15(14(11-13)12-19(5)10-9-18)20(6)16(21)22-17(2,3)4/h7-8,11H,10,12H2,1-6H3. The van der Waals surface area contributed by atoms with Crippen molar-refractivity contribution in [3.8, 4) is 6.07 Å². The van der Waals surface area contributed by atoms with E-state index in [1.54, 1.807) is 7.05 Å². The lowest BCUT2D eigenvalue weighted by atomic mass is 10.1. The van der Waals surface area contributed by atoms with Crippen molar-refractivity contribution in [2.45, 2.75) is 39.8 Å². The molecule has 5 heteroatoms. The molecule has 0 N–H and O–H groups in total. The Bertz CT molecular complexity index is 570. The van der Waals surface area contributed by atoms with E-state index >= 15 is 0 Å². The average Bonchev–Trinajstić information content (AvgIpc) is 2.36. The molecule has 0 unspecified atom stereocenters. The molecule has 22 heavy (non-hydrogen) atoms. The number of anilines is 1. The highest BCUT2D eigenvalue weighted by molar-refractivity contribution is 5.88. The summed E-state index contributed by atoms with van der Waals surface area (Å²) in [5.41, 5.74) is 2.37. The van der Waals surface area contributed by atoms with E-state index in [0.717, 1.165) is 16.8 Å². The minimum Gasteiger partial charge on any atom is -0.443 e. The van der Waals surface area contributed by atoms with Crippen LogP contribution < -0.4 is 4.90 Å². The lowest BCUT2D eigenvalue weighted by Gasteiger charge is -2.27. The van der Waals surface area contributed by atoms with Gasteiger partial charge in [0.2, 0.25) is 0 Å². The summed E-state index contributed by atoms with van der Waals surface area (Å²) in [6.45, 7) is 8.47. The Labute approximate surface area is 133 Å². The first-order valence-corrected chi connectivity index (χ1v) is 7.26. The summed E-state index contributed by atoms with van der Waals surface area (Å²) in [5, 5.41) is 8.79. The van der Waals surface area contributed by atoms with Crippen LogP contribution in [-0.4, -0.2) is 37.2 Å². The predicted molar refractivity (Wildman–Crippen MR) is 87.8 cm³/mol. The number of hydrogen-bond donors (Lipinski definition) is 0. The Balaban J connectivity index is 3.03. The Hall–Kier alpha value is -2.06. The van der Waals surface area contributed by atoms with Gasteiger partial charge in [-0.05, 0) is 46.4 Å². The van der Waals surface area contributed by atoms with Crippen LogP contribution in [0.3, 0.4) is 0 Å². The molecule has 0 saturated carbocycles. The van der Waals surface area contributed by atoms with Crippen LogP contribution in [0.1, 0.15) is 31.9 Å². The van der Waals surface area contributed by atoms with Gasteiger partial charge in [0, 0.05) is 13.6 Å². The van der Waals surface area contributed by atoms with Crippen LogP contribution >= 0.6 is 0 Å². The molecular formula is C17H25N3O2. The van der Waals surface area contributed by atoms with Gasteiger partial charge in [0.1, 0.15) is 5.60 Å². The zero-order valence-electron chi connectivity index (χ0n) is 14.3. The van der Waals surface area contributed by atoms with Gasteiger partial charge in [-0.25, -0.2) is 4.79 Å². The molecule has 0 aliphatic carbocycles. The second kappa shape index (κ2) is 7.28. The highest BCUT2D eigenvalue weighted by Gasteiger charge is 2.22. The Morgan fingerprint density at radius 1 is 1.32 bits per heavy atom. The Morgan fingerprint density at radius 3 is 2.50 bits per heavy atom. The number of ether oxygens (including phenoxy) is 1. The summed E-state index contributed by atoms with van der Waals surface area (Å²) in [4.78, 5) is 15.7. The van der Waals surface area contributed by atoms with E-state index in [9.17, 15) is 4.79 Å². The molecule has 1 rings (SSSR count). The first-order chi connectivity index (χ1) is 10.1. The van der Waals surface area contributed by atoms with Crippen molar-refractivity contribution in [3.05, 3.63) is 29.3 Å². The van der Waals surface area contributed by atoms with Gasteiger partial charge in [-0.2, -0.15) is 5.26 Å². The number of nitriles is 1. The topological polar surface area (TPSA) is 56.6 Å². The molecule has 0 spiro atoms. The predicted octanol–water partition coefficient (Wildman–Crippen LogP) is 3.32. The summed E-state index contributed by atoms with van der Waals surface area (Å²) in [6, 6.07) is 8.03. The molecule has 0 fully saturated rings. The number of nitrogens with zero attached hydrogens (tertiary/aromatic N) is 3. The molecule has 0 atom stereocenters. The summed E-state index contributed by atoms with van der Waals surface area (Å²) in [6.07, 6.45) is -0.388. The van der Waals surface area contributed by atoms with Gasteiger partial charge in [-0.3, -0.25) is 9.80 Å². The van der Waals surface area contributed by atoms with Crippen LogP contribution in [0.4, 0.5) is 10.5 Å². The van der Waals surface area contributed by atoms with Crippen LogP contribution in [0.2, 0.25) is 0 Å². The first kappa shape index (κ1) is 18.0. The molecule has 0 radical (unpaired) electrons. The van der Waals surface area contributed by atoms with Crippen molar-refractivity contribution < 1.29 is 9.53 Å². The van der Waals surface area contributed by atoms with Crippen LogP contribution in [0.5, 0.6) is 0 Å². The van der Waals surface area contributed by atoms with Crippen molar-refractivity contribution in [1.82, 2.24) is 4.90 Å². The number of benzene rings is 1. The summed E-state index contributed by atoms with van der Waals surface area (Å²) in [5.74, 6) is 0. The maximum atomic E-state index is 12.2. The number of hydrogen-bond acceptors (Lipinski definition) is 4. The third-order valence-electron chi connectivity index (χ3n) is 3.04. The summed E-state index contributed by atoms with van der Waals surface area (Å²) in [7, 11) is 3.58. The van der Waals surface area contributed by atoms with Crippen LogP contribution in [0.25, 0.3) is 0 Å². The monoisotopic (exact) mass is 303 g/mol. The number of carbonyl (C=O) groups is 1. The number of aryl methyl sites for hydroxylation is 1. The summed E-state index contributed by atoms with van der Waals surface area (Å²) >= 11 is 0. The molecule has 1 aromatic rings. The first-order valence-electron chi connectivity index (χ1n) is 7.26. The largest absolute Gasteiger partial charge is 0.443 e. The number of rotatable bonds is 4. The van der Waals surface area contributed by atoms with E-state index in [0.29, 0.717) is 13.1 Å². The minimum absolute atomic E-state index is 0.337. The van der Waals surface area contributed by atoms with Crippen molar-refractivity contribution >= 4 is 11.8 Å². The molecule has 5 nitrogen and oxygen atoms in total. The maximum absolute atomic E-state index is 12.2. The van der Waals surface area contributed by atoms with E-state index in [-0.39, 0.29) is 6.09 Å². The Kier molecular flexibility index (Phi) is 5.95. The van der Waals surface area contributed by atoms with Gasteiger partial charge in [0.15, 0.2) is 0 Å². The van der Waals surface area contributed by atoms with Gasteiger partial charge in [-0.1, -0.05) is 17.7 Å². The smallest absolute Gasteiger partial charge is 0.414 e. The van der Waals surface area contributed by atoms with E-state index in [4.69, 9.17) is 10.00 Å². The zero-order valence-corrected chi connectivity index (χ0v) is 14.3. The molecule has 1 aromatic carbocycles. The number of amides is 1. The fourth-order valence-electron chi connectivity index (χ4n) is 2.06. The summed E-state index contributed by atoms with van der Waals surface area (Å²) < 4.78 is 5.41. The fourth-order valence-corrected chi connectivity index (χ4v) is 2.06. The number of carbonyl (C=O) groups excluding carboxylic acids is 1. The molecule has 0 aliphatic heterocycles. The minimum atomic E-state index is -0.534. The SMILES string of the molecule is Cc1ccc(N(C)C(=O)OC(C)(C)C)c(CN(C)CC#N)c1. The maximum Gasteiger partial charge on any atom is 0.414 e. The van der Waals surface area contributed by atoms with E-state index in [1.807, 2.05) is 57.8 Å². The highest BCUT2D eigenvalue weighted by atomic mass is 16.6. The average molecular weight is 303 g/mol. The third-order valence-corrected chi connectivity index (χ3v) is 3.04. The zero-order chi connectivity index (χ0) is 16.9. The van der Waals surface area contributed by atoms with Crippen molar-refractivity contribution in [1.29, 1.82) is 5.26 Å². The van der Waals surface area contributed by atoms with Gasteiger partial charge >= 0.3 is 6.09 Å². The van der Waals surface area contributed by atoms with Gasteiger partial charge in [-0.15, -0.1) is 0 Å². The van der Waals surface area contributed by atoms with Crippen molar-refractivity contribution in [2.24, 2.45) is 0 Å². The lowest BCUT2D eigenvalue weighted by molar-refractivity contribution is 0.0589. The van der Waals surface area contributed by atoms with Gasteiger partial charge in [0.05, 0.1) is 18.3 Å². The lowest BCUT2D eigenvalue weighted by Crippen LogP contribution is -2.35. The highest BCUT2D eigenvalue weighted by Crippen LogP contribution is 2.24. The normalized spacial score (nSPS) is 11.2. The fraction of sp³-hybridized carbons (Fsp3) is 0.529. The van der Waals surface area contributed by atoms with Crippen LogP contribution in [0.15, 0.2) is 18.2 Å². The second-order valence-corrected chi connectivity index (χ2v) is 6.50. The molecule has 0 aromatic heterocycles.